The number of hydrogen-bond acceptors (Lipinski definition) is 4. The minimum absolute atomic E-state index is 0.0837. The van der Waals surface area contributed by atoms with E-state index in [1.165, 1.54) is 23.8 Å². The molecule has 0 aliphatic carbocycles. The summed E-state index contributed by atoms with van der Waals surface area (Å²) < 4.78 is 1.50. The highest BCUT2D eigenvalue weighted by molar-refractivity contribution is 5.87. The Morgan fingerprint density at radius 2 is 2.00 bits per heavy atom. The molecule has 0 spiro atoms. The molecule has 102 valence electrons. The van der Waals surface area contributed by atoms with Crippen molar-refractivity contribution in [2.45, 2.75) is 6.92 Å². The van der Waals surface area contributed by atoms with Crippen molar-refractivity contribution in [3.63, 3.8) is 0 Å². The van der Waals surface area contributed by atoms with Crippen LogP contribution in [0.1, 0.15) is 6.92 Å². The second kappa shape index (κ2) is 5.97. The third kappa shape index (κ3) is 3.20. The molecule has 0 aliphatic rings. The molecule has 5 nitrogen and oxygen atoms in total. The number of rotatable bonds is 4. The summed E-state index contributed by atoms with van der Waals surface area (Å²) in [6.45, 7) is 1.45. The molecular formula is C15H15N3O2. The molecule has 20 heavy (non-hydrogen) atoms. The summed E-state index contributed by atoms with van der Waals surface area (Å²) in [6.07, 6.45) is 8.00. The molecule has 0 bridgehead atoms. The van der Waals surface area contributed by atoms with Crippen LogP contribution in [0.4, 0.5) is 5.69 Å². The smallest absolute Gasteiger partial charge is 0.273 e. The predicted octanol–water partition coefficient (Wildman–Crippen LogP) is 1.96. The number of carbonyl (C=O) groups is 1. The lowest BCUT2D eigenvalue weighted by atomic mass is 10.1. The van der Waals surface area contributed by atoms with Gasteiger partial charge in [0.25, 0.3) is 5.56 Å². The Kier molecular flexibility index (Phi) is 4.10. The normalized spacial score (nSPS) is 10.7. The SMILES string of the molecule is CC(=O)C=CNc1cc(-c2ccncc2)cn(C)c1=O. The Labute approximate surface area is 116 Å². The van der Waals surface area contributed by atoms with Crippen LogP contribution in [-0.2, 0) is 11.8 Å². The molecule has 0 aliphatic heterocycles. The first-order valence-electron chi connectivity index (χ1n) is 6.12. The molecule has 1 N–H and O–H groups in total. The third-order valence-corrected chi connectivity index (χ3v) is 2.75. The van der Waals surface area contributed by atoms with Gasteiger partial charge in [-0.15, -0.1) is 0 Å². The van der Waals surface area contributed by atoms with Gasteiger partial charge in [0.1, 0.15) is 5.69 Å². The molecule has 0 unspecified atom stereocenters. The lowest BCUT2D eigenvalue weighted by Gasteiger charge is -2.08. The number of ketones is 1. The maximum Gasteiger partial charge on any atom is 0.273 e. The minimum Gasteiger partial charge on any atom is -0.357 e. The van der Waals surface area contributed by atoms with Gasteiger partial charge < -0.3 is 9.88 Å². The number of allylic oxidation sites excluding steroid dienone is 1. The Morgan fingerprint density at radius 1 is 1.30 bits per heavy atom. The van der Waals surface area contributed by atoms with Crippen molar-refractivity contribution in [2.75, 3.05) is 5.32 Å². The first-order valence-corrected chi connectivity index (χ1v) is 6.12. The van der Waals surface area contributed by atoms with Crippen LogP contribution in [0, 0.1) is 0 Å². The number of hydrogen-bond donors (Lipinski definition) is 1. The van der Waals surface area contributed by atoms with E-state index >= 15 is 0 Å². The molecule has 2 heterocycles. The molecule has 2 rings (SSSR count). The van der Waals surface area contributed by atoms with Crippen LogP contribution in [-0.4, -0.2) is 15.3 Å². The summed E-state index contributed by atoms with van der Waals surface area (Å²) in [4.78, 5) is 26.8. The van der Waals surface area contributed by atoms with E-state index in [2.05, 4.69) is 10.3 Å². The van der Waals surface area contributed by atoms with E-state index in [0.29, 0.717) is 5.69 Å². The van der Waals surface area contributed by atoms with Crippen molar-refractivity contribution in [3.05, 3.63) is 59.4 Å². The first-order chi connectivity index (χ1) is 9.58. The van der Waals surface area contributed by atoms with Crippen molar-refractivity contribution in [1.82, 2.24) is 9.55 Å². The van der Waals surface area contributed by atoms with E-state index in [9.17, 15) is 9.59 Å². The van der Waals surface area contributed by atoms with Gasteiger partial charge in [-0.2, -0.15) is 0 Å². The van der Waals surface area contributed by atoms with Crippen LogP contribution >= 0.6 is 0 Å². The van der Waals surface area contributed by atoms with E-state index in [4.69, 9.17) is 0 Å². The van der Waals surface area contributed by atoms with Crippen LogP contribution in [0.25, 0.3) is 11.1 Å². The monoisotopic (exact) mass is 269 g/mol. The number of nitrogens with one attached hydrogen (secondary N) is 1. The van der Waals surface area contributed by atoms with E-state index in [1.807, 2.05) is 12.1 Å². The molecular weight excluding hydrogens is 254 g/mol. The number of anilines is 1. The molecule has 2 aromatic rings. The summed E-state index contributed by atoms with van der Waals surface area (Å²) in [5.74, 6) is -0.0837. The minimum atomic E-state index is -0.156. The van der Waals surface area contributed by atoms with Crippen molar-refractivity contribution < 1.29 is 4.79 Å². The van der Waals surface area contributed by atoms with E-state index in [1.54, 1.807) is 31.7 Å². The highest BCUT2D eigenvalue weighted by Gasteiger charge is 2.05. The molecule has 0 saturated heterocycles. The Hall–Kier alpha value is -2.69. The van der Waals surface area contributed by atoms with Gasteiger partial charge in [-0.1, -0.05) is 0 Å². The summed E-state index contributed by atoms with van der Waals surface area (Å²) >= 11 is 0. The molecule has 2 aromatic heterocycles. The number of aryl methyl sites for hydroxylation is 1. The zero-order valence-corrected chi connectivity index (χ0v) is 11.3. The van der Waals surface area contributed by atoms with Gasteiger partial charge in [-0.3, -0.25) is 14.6 Å². The van der Waals surface area contributed by atoms with Gasteiger partial charge in [0.05, 0.1) is 0 Å². The maximum atomic E-state index is 12.0. The molecule has 5 heteroatoms. The first kappa shape index (κ1) is 13.7. The van der Waals surface area contributed by atoms with Crippen LogP contribution < -0.4 is 10.9 Å². The van der Waals surface area contributed by atoms with Gasteiger partial charge >= 0.3 is 0 Å². The fourth-order valence-corrected chi connectivity index (χ4v) is 1.77. The highest BCUT2D eigenvalue weighted by Crippen LogP contribution is 2.19. The summed E-state index contributed by atoms with van der Waals surface area (Å²) in [5, 5.41) is 2.84. The van der Waals surface area contributed by atoms with Crippen molar-refractivity contribution in [2.24, 2.45) is 7.05 Å². The number of carbonyl (C=O) groups excluding carboxylic acids is 1. The largest absolute Gasteiger partial charge is 0.357 e. The van der Waals surface area contributed by atoms with Crippen molar-refractivity contribution >= 4 is 11.5 Å². The average molecular weight is 269 g/mol. The van der Waals surface area contributed by atoms with Gasteiger partial charge in [0.15, 0.2) is 5.78 Å². The molecule has 0 radical (unpaired) electrons. The summed E-state index contributed by atoms with van der Waals surface area (Å²) in [7, 11) is 1.69. The van der Waals surface area contributed by atoms with Crippen LogP contribution in [0.3, 0.4) is 0 Å². The predicted molar refractivity (Wildman–Crippen MR) is 78.4 cm³/mol. The second-order valence-electron chi connectivity index (χ2n) is 4.38. The Balaban J connectivity index is 2.40. The number of nitrogens with zero attached hydrogens (tertiary/aromatic N) is 2. The quantitative estimate of drug-likeness (QED) is 0.862. The lowest BCUT2D eigenvalue weighted by molar-refractivity contribution is -0.112. The van der Waals surface area contributed by atoms with E-state index in [-0.39, 0.29) is 11.3 Å². The van der Waals surface area contributed by atoms with Gasteiger partial charge in [0, 0.05) is 37.4 Å². The van der Waals surface area contributed by atoms with E-state index in [0.717, 1.165) is 11.1 Å². The molecule has 0 fully saturated rings. The van der Waals surface area contributed by atoms with Crippen LogP contribution in [0.2, 0.25) is 0 Å². The third-order valence-electron chi connectivity index (χ3n) is 2.75. The lowest BCUT2D eigenvalue weighted by Crippen LogP contribution is -2.19. The van der Waals surface area contributed by atoms with Gasteiger partial charge in [-0.05, 0) is 36.8 Å². The second-order valence-corrected chi connectivity index (χ2v) is 4.38. The summed E-state index contributed by atoms with van der Waals surface area (Å²) in [5.41, 5.74) is 2.12. The van der Waals surface area contributed by atoms with Crippen molar-refractivity contribution in [1.29, 1.82) is 0 Å². The topological polar surface area (TPSA) is 64.0 Å². The fraction of sp³-hybridized carbons (Fsp3) is 0.133. The zero-order valence-electron chi connectivity index (χ0n) is 11.3. The van der Waals surface area contributed by atoms with Crippen LogP contribution in [0.15, 0.2) is 53.9 Å². The Morgan fingerprint density at radius 3 is 2.65 bits per heavy atom. The average Bonchev–Trinajstić information content (AvgIpc) is 2.44. The molecule has 0 amide bonds. The van der Waals surface area contributed by atoms with Gasteiger partial charge in [-0.25, -0.2) is 0 Å². The fourth-order valence-electron chi connectivity index (χ4n) is 1.77. The number of aromatic nitrogens is 2. The van der Waals surface area contributed by atoms with E-state index < -0.39 is 0 Å². The number of pyridine rings is 2. The highest BCUT2D eigenvalue weighted by atomic mass is 16.1. The van der Waals surface area contributed by atoms with Gasteiger partial charge in [0.2, 0.25) is 0 Å². The molecule has 0 saturated carbocycles. The molecule has 0 aromatic carbocycles. The van der Waals surface area contributed by atoms with Crippen molar-refractivity contribution in [3.8, 4) is 11.1 Å². The Bertz CT molecular complexity index is 703. The standard InChI is InChI=1S/C15H15N3O2/c1-11(19)3-8-17-14-9-13(10-18(2)15(14)20)12-4-6-16-7-5-12/h3-10,17H,1-2H3. The maximum absolute atomic E-state index is 12.0. The summed E-state index contributed by atoms with van der Waals surface area (Å²) in [6, 6.07) is 5.49. The molecule has 0 atom stereocenters. The van der Waals surface area contributed by atoms with Crippen LogP contribution in [0.5, 0.6) is 0 Å². The zero-order chi connectivity index (χ0) is 14.5.